The Morgan fingerprint density at radius 2 is 1.93 bits per heavy atom. The molecule has 0 aliphatic rings. The molecule has 1 aromatic rings. The van der Waals surface area contributed by atoms with E-state index >= 15 is 0 Å². The summed E-state index contributed by atoms with van der Waals surface area (Å²) < 4.78 is 4.11. The van der Waals surface area contributed by atoms with Crippen LogP contribution >= 0.6 is 43.2 Å². The molecular formula is C8H6Br2O3S. The van der Waals surface area contributed by atoms with Gasteiger partial charge in [-0.05, 0) is 12.1 Å². The number of Topliss-reactive ketones (excluding diaryl/α,β-unsaturated/α-hetero) is 1. The molecule has 0 radical (unpaired) electrons. The molecule has 0 N–H and O–H groups in total. The number of ketones is 1. The molecule has 1 heterocycles. The van der Waals surface area contributed by atoms with Crippen LogP contribution in [0.1, 0.15) is 19.3 Å². The van der Waals surface area contributed by atoms with Gasteiger partial charge in [0.05, 0.1) is 12.0 Å². The highest BCUT2D eigenvalue weighted by Crippen LogP contribution is 2.23. The minimum absolute atomic E-state index is 0.106. The molecule has 0 saturated heterocycles. The average molecular weight is 342 g/mol. The minimum Gasteiger partial charge on any atom is -0.465 e. The minimum atomic E-state index is -0.422. The highest BCUT2D eigenvalue weighted by molar-refractivity contribution is 9.25. The van der Waals surface area contributed by atoms with Crippen molar-refractivity contribution in [1.29, 1.82) is 0 Å². The van der Waals surface area contributed by atoms with Crippen LogP contribution in [0.4, 0.5) is 0 Å². The first-order valence-electron chi connectivity index (χ1n) is 3.56. The van der Waals surface area contributed by atoms with Crippen molar-refractivity contribution in [2.24, 2.45) is 0 Å². The topological polar surface area (TPSA) is 43.4 Å². The van der Waals surface area contributed by atoms with E-state index in [4.69, 9.17) is 0 Å². The number of esters is 1. The van der Waals surface area contributed by atoms with E-state index in [0.717, 1.165) is 11.3 Å². The van der Waals surface area contributed by atoms with Crippen LogP contribution in [0, 0.1) is 0 Å². The third kappa shape index (κ3) is 2.65. The second-order valence-electron chi connectivity index (χ2n) is 2.32. The monoisotopic (exact) mass is 340 g/mol. The number of alkyl halides is 2. The van der Waals surface area contributed by atoms with Crippen molar-refractivity contribution in [2.45, 2.75) is 3.74 Å². The zero-order valence-corrected chi connectivity index (χ0v) is 11.1. The SMILES string of the molecule is COC(=O)c1ccc(C(=O)C(Br)Br)s1. The highest BCUT2D eigenvalue weighted by Gasteiger charge is 2.17. The van der Waals surface area contributed by atoms with Gasteiger partial charge in [0.2, 0.25) is 0 Å². The molecule has 14 heavy (non-hydrogen) atoms. The summed E-state index contributed by atoms with van der Waals surface area (Å²) >= 11 is 7.31. The van der Waals surface area contributed by atoms with Crippen molar-refractivity contribution in [1.82, 2.24) is 0 Å². The number of hydrogen-bond acceptors (Lipinski definition) is 4. The lowest BCUT2D eigenvalue weighted by Gasteiger charge is -1.96. The van der Waals surface area contributed by atoms with E-state index in [0.29, 0.717) is 9.75 Å². The Balaban J connectivity index is 2.88. The van der Waals surface area contributed by atoms with Gasteiger partial charge in [0, 0.05) is 0 Å². The zero-order chi connectivity index (χ0) is 10.7. The number of carbonyl (C=O) groups is 2. The third-order valence-electron chi connectivity index (χ3n) is 1.43. The van der Waals surface area contributed by atoms with Crippen LogP contribution < -0.4 is 0 Å². The molecule has 0 aliphatic heterocycles. The van der Waals surface area contributed by atoms with E-state index in [1.54, 1.807) is 12.1 Å². The Hall–Kier alpha value is -0.200. The maximum Gasteiger partial charge on any atom is 0.348 e. The number of rotatable bonds is 3. The second-order valence-corrected chi connectivity index (χ2v) is 6.46. The first-order valence-corrected chi connectivity index (χ1v) is 6.21. The van der Waals surface area contributed by atoms with Crippen LogP contribution in [-0.4, -0.2) is 22.6 Å². The molecule has 0 fully saturated rings. The van der Waals surface area contributed by atoms with Gasteiger partial charge in [-0.25, -0.2) is 4.79 Å². The van der Waals surface area contributed by atoms with E-state index in [1.807, 2.05) is 0 Å². The normalized spacial score (nSPS) is 10.3. The molecule has 0 unspecified atom stereocenters. The van der Waals surface area contributed by atoms with E-state index in [-0.39, 0.29) is 5.78 Å². The maximum atomic E-state index is 11.4. The molecule has 0 saturated carbocycles. The van der Waals surface area contributed by atoms with Crippen LogP contribution in [0.5, 0.6) is 0 Å². The molecule has 3 nitrogen and oxygen atoms in total. The largest absolute Gasteiger partial charge is 0.465 e. The van der Waals surface area contributed by atoms with Gasteiger partial charge in [-0.3, -0.25) is 4.79 Å². The lowest BCUT2D eigenvalue weighted by Crippen LogP contribution is -2.04. The average Bonchev–Trinajstić information content (AvgIpc) is 2.64. The Morgan fingerprint density at radius 3 is 2.43 bits per heavy atom. The summed E-state index contributed by atoms with van der Waals surface area (Å²) in [6.45, 7) is 0. The van der Waals surface area contributed by atoms with Crippen molar-refractivity contribution in [3.05, 3.63) is 21.9 Å². The van der Waals surface area contributed by atoms with Gasteiger partial charge < -0.3 is 4.74 Å². The fraction of sp³-hybridized carbons (Fsp3) is 0.250. The van der Waals surface area contributed by atoms with Crippen molar-refractivity contribution in [3.63, 3.8) is 0 Å². The molecule has 1 rings (SSSR count). The summed E-state index contributed by atoms with van der Waals surface area (Å²) in [4.78, 5) is 23.5. The van der Waals surface area contributed by atoms with Gasteiger partial charge in [-0.15, -0.1) is 11.3 Å². The van der Waals surface area contributed by atoms with E-state index in [2.05, 4.69) is 36.6 Å². The fourth-order valence-electron chi connectivity index (χ4n) is 0.788. The summed E-state index contributed by atoms with van der Waals surface area (Å²) in [5.41, 5.74) is 0. The van der Waals surface area contributed by atoms with Crippen molar-refractivity contribution >= 4 is 54.9 Å². The highest BCUT2D eigenvalue weighted by atomic mass is 79.9. The first kappa shape index (κ1) is 11.9. The molecule has 1 aromatic heterocycles. The summed E-state index contributed by atoms with van der Waals surface area (Å²) in [6.07, 6.45) is 0. The van der Waals surface area contributed by atoms with Crippen LogP contribution in [0.2, 0.25) is 0 Å². The Labute approximate surface area is 102 Å². The molecular weight excluding hydrogens is 336 g/mol. The molecule has 0 amide bonds. The maximum absolute atomic E-state index is 11.4. The summed E-state index contributed by atoms with van der Waals surface area (Å²) in [5, 5.41) is 0. The lowest BCUT2D eigenvalue weighted by atomic mass is 10.3. The van der Waals surface area contributed by atoms with Gasteiger partial charge in [0.15, 0.2) is 5.78 Å². The second kappa shape index (κ2) is 5.04. The molecule has 0 aromatic carbocycles. The Kier molecular flexibility index (Phi) is 4.28. The molecule has 6 heteroatoms. The molecule has 0 bridgehead atoms. The van der Waals surface area contributed by atoms with Crippen LogP contribution in [0.25, 0.3) is 0 Å². The van der Waals surface area contributed by atoms with Crippen LogP contribution in [-0.2, 0) is 4.74 Å². The predicted octanol–water partition coefficient (Wildman–Crippen LogP) is 2.83. The quantitative estimate of drug-likeness (QED) is 0.482. The van der Waals surface area contributed by atoms with Gasteiger partial charge in [0.25, 0.3) is 0 Å². The van der Waals surface area contributed by atoms with E-state index in [9.17, 15) is 9.59 Å². The Morgan fingerprint density at radius 1 is 1.36 bits per heavy atom. The molecule has 76 valence electrons. The molecule has 0 atom stereocenters. The van der Waals surface area contributed by atoms with E-state index < -0.39 is 9.71 Å². The van der Waals surface area contributed by atoms with Crippen molar-refractivity contribution < 1.29 is 14.3 Å². The Bertz CT molecular complexity index is 359. The number of halogens is 2. The van der Waals surface area contributed by atoms with E-state index in [1.165, 1.54) is 7.11 Å². The van der Waals surface area contributed by atoms with Gasteiger partial charge in [0.1, 0.15) is 8.61 Å². The van der Waals surface area contributed by atoms with Crippen molar-refractivity contribution in [3.8, 4) is 0 Å². The number of hydrogen-bond donors (Lipinski definition) is 0. The zero-order valence-electron chi connectivity index (χ0n) is 7.12. The smallest absolute Gasteiger partial charge is 0.348 e. The predicted molar refractivity (Wildman–Crippen MR) is 61.6 cm³/mol. The summed E-state index contributed by atoms with van der Waals surface area (Å²) in [7, 11) is 1.31. The van der Waals surface area contributed by atoms with Gasteiger partial charge >= 0.3 is 5.97 Å². The van der Waals surface area contributed by atoms with Gasteiger partial charge in [-0.1, -0.05) is 31.9 Å². The summed E-state index contributed by atoms with van der Waals surface area (Å²) in [6, 6.07) is 3.18. The first-order chi connectivity index (χ1) is 6.56. The standard InChI is InChI=1S/C8H6Br2O3S/c1-13-8(12)5-3-2-4(14-5)6(11)7(9)10/h2-3,7H,1H3. The molecule has 0 aliphatic carbocycles. The van der Waals surface area contributed by atoms with Crippen molar-refractivity contribution in [2.75, 3.05) is 7.11 Å². The summed E-state index contributed by atoms with van der Waals surface area (Å²) in [5.74, 6) is -0.528. The number of carbonyl (C=O) groups excluding carboxylic acids is 2. The van der Waals surface area contributed by atoms with Gasteiger partial charge in [-0.2, -0.15) is 0 Å². The number of ether oxygens (including phenoxy) is 1. The lowest BCUT2D eigenvalue weighted by molar-refractivity contribution is 0.0606. The fourth-order valence-corrected chi connectivity index (χ4v) is 2.48. The number of methoxy groups -OCH3 is 1. The molecule has 0 spiro atoms. The number of thiophene rings is 1. The van der Waals surface area contributed by atoms with Crippen LogP contribution in [0.3, 0.4) is 0 Å². The third-order valence-corrected chi connectivity index (χ3v) is 3.35. The van der Waals surface area contributed by atoms with Crippen LogP contribution in [0.15, 0.2) is 12.1 Å².